The summed E-state index contributed by atoms with van der Waals surface area (Å²) in [6.07, 6.45) is 0. The Hall–Kier alpha value is -2.08. The molecule has 0 saturated heterocycles. The van der Waals surface area contributed by atoms with Crippen molar-refractivity contribution in [3.63, 3.8) is 0 Å². The first-order valence-corrected chi connectivity index (χ1v) is 7.09. The summed E-state index contributed by atoms with van der Waals surface area (Å²) in [5.41, 5.74) is 0.804. The molecule has 0 fully saturated rings. The fraction of sp³-hybridized carbons (Fsp3) is 0.133. The molecule has 6 heteroatoms. The van der Waals surface area contributed by atoms with Crippen molar-refractivity contribution in [3.05, 3.63) is 52.3 Å². The van der Waals surface area contributed by atoms with E-state index in [-0.39, 0.29) is 5.56 Å². The minimum atomic E-state index is -0.482. The number of halogens is 2. The lowest BCUT2D eigenvalue weighted by atomic mass is 10.2. The SMILES string of the molecule is O=C(Nc1ccc2c(c1)OCCO2)c1ccc(Br)c(F)c1. The molecule has 0 spiro atoms. The van der Waals surface area contributed by atoms with E-state index >= 15 is 0 Å². The molecule has 1 amide bonds. The summed E-state index contributed by atoms with van der Waals surface area (Å²) in [5.74, 6) is 0.359. The maximum Gasteiger partial charge on any atom is 0.255 e. The number of benzene rings is 2. The van der Waals surface area contributed by atoms with Gasteiger partial charge in [-0.05, 0) is 46.3 Å². The number of carbonyl (C=O) groups is 1. The molecular weight excluding hydrogens is 341 g/mol. The number of hydrogen-bond acceptors (Lipinski definition) is 3. The van der Waals surface area contributed by atoms with E-state index in [4.69, 9.17) is 9.47 Å². The third-order valence-electron chi connectivity index (χ3n) is 2.98. The van der Waals surface area contributed by atoms with Crippen LogP contribution >= 0.6 is 15.9 Å². The number of anilines is 1. The third kappa shape index (κ3) is 3.00. The molecule has 1 heterocycles. The Balaban J connectivity index is 1.79. The molecule has 0 saturated carbocycles. The minimum absolute atomic E-state index is 0.241. The fourth-order valence-corrected chi connectivity index (χ4v) is 2.21. The van der Waals surface area contributed by atoms with Gasteiger partial charge in [-0.3, -0.25) is 4.79 Å². The quantitative estimate of drug-likeness (QED) is 0.898. The van der Waals surface area contributed by atoms with Crippen LogP contribution in [-0.4, -0.2) is 19.1 Å². The molecule has 3 rings (SSSR count). The maximum atomic E-state index is 13.4. The number of rotatable bonds is 2. The zero-order valence-corrected chi connectivity index (χ0v) is 12.4. The van der Waals surface area contributed by atoms with Gasteiger partial charge in [0.25, 0.3) is 5.91 Å². The van der Waals surface area contributed by atoms with Gasteiger partial charge in [0, 0.05) is 17.3 Å². The van der Waals surface area contributed by atoms with Crippen LogP contribution in [0.5, 0.6) is 11.5 Å². The molecule has 1 N–H and O–H groups in total. The van der Waals surface area contributed by atoms with Crippen LogP contribution in [0.3, 0.4) is 0 Å². The number of nitrogens with one attached hydrogen (secondary N) is 1. The van der Waals surface area contributed by atoms with E-state index in [0.29, 0.717) is 34.9 Å². The van der Waals surface area contributed by atoms with E-state index in [1.54, 1.807) is 24.3 Å². The molecule has 1 aliphatic rings. The van der Waals surface area contributed by atoms with Crippen molar-refractivity contribution < 1.29 is 18.7 Å². The van der Waals surface area contributed by atoms with Gasteiger partial charge in [-0.25, -0.2) is 4.39 Å². The second-order valence-electron chi connectivity index (χ2n) is 4.44. The van der Waals surface area contributed by atoms with Gasteiger partial charge in [0.2, 0.25) is 0 Å². The molecular formula is C15H11BrFNO3. The van der Waals surface area contributed by atoms with Crippen molar-refractivity contribution in [2.75, 3.05) is 18.5 Å². The lowest BCUT2D eigenvalue weighted by molar-refractivity contribution is 0.102. The standard InChI is InChI=1S/C15H11BrFNO3/c16-11-3-1-9(7-12(11)17)15(19)18-10-2-4-13-14(8-10)21-6-5-20-13/h1-4,7-8H,5-6H2,(H,18,19). The minimum Gasteiger partial charge on any atom is -0.486 e. The van der Waals surface area contributed by atoms with Gasteiger partial charge in [0.1, 0.15) is 19.0 Å². The summed E-state index contributed by atoms with van der Waals surface area (Å²) < 4.78 is 24.6. The maximum absolute atomic E-state index is 13.4. The van der Waals surface area contributed by atoms with Crippen LogP contribution in [0.15, 0.2) is 40.9 Å². The van der Waals surface area contributed by atoms with Gasteiger partial charge in [0.15, 0.2) is 11.5 Å². The normalized spacial score (nSPS) is 12.9. The summed E-state index contributed by atoms with van der Waals surface area (Å²) in [6, 6.07) is 9.33. The van der Waals surface area contributed by atoms with Crippen LogP contribution in [0, 0.1) is 5.82 Å². The summed E-state index contributed by atoms with van der Waals surface area (Å²) in [5, 5.41) is 2.70. The largest absolute Gasteiger partial charge is 0.486 e. The Morgan fingerprint density at radius 1 is 1.10 bits per heavy atom. The van der Waals surface area contributed by atoms with Gasteiger partial charge in [-0.1, -0.05) is 0 Å². The Labute approximate surface area is 129 Å². The van der Waals surface area contributed by atoms with Crippen LogP contribution in [0.4, 0.5) is 10.1 Å². The van der Waals surface area contributed by atoms with Crippen molar-refractivity contribution in [2.24, 2.45) is 0 Å². The highest BCUT2D eigenvalue weighted by molar-refractivity contribution is 9.10. The van der Waals surface area contributed by atoms with Gasteiger partial charge >= 0.3 is 0 Å². The van der Waals surface area contributed by atoms with Crippen molar-refractivity contribution in [1.29, 1.82) is 0 Å². The van der Waals surface area contributed by atoms with Crippen LogP contribution in [0.25, 0.3) is 0 Å². The van der Waals surface area contributed by atoms with Crippen molar-refractivity contribution >= 4 is 27.5 Å². The molecule has 21 heavy (non-hydrogen) atoms. The van der Waals surface area contributed by atoms with Crippen LogP contribution in [0.2, 0.25) is 0 Å². The molecule has 0 aliphatic carbocycles. The molecule has 0 atom stereocenters. The molecule has 0 aromatic heterocycles. The molecule has 4 nitrogen and oxygen atoms in total. The molecule has 2 aromatic rings. The Morgan fingerprint density at radius 2 is 1.86 bits per heavy atom. The second-order valence-corrected chi connectivity index (χ2v) is 5.30. The predicted octanol–water partition coefficient (Wildman–Crippen LogP) is 3.61. The van der Waals surface area contributed by atoms with E-state index in [9.17, 15) is 9.18 Å². The van der Waals surface area contributed by atoms with Crippen LogP contribution in [-0.2, 0) is 0 Å². The van der Waals surface area contributed by atoms with E-state index < -0.39 is 11.7 Å². The average molecular weight is 352 g/mol. The number of ether oxygens (including phenoxy) is 2. The Kier molecular flexibility index (Phi) is 3.79. The molecule has 0 bridgehead atoms. The molecule has 0 radical (unpaired) electrons. The summed E-state index contributed by atoms with van der Waals surface area (Å²) in [6.45, 7) is 0.985. The summed E-state index contributed by atoms with van der Waals surface area (Å²) >= 11 is 3.05. The highest BCUT2D eigenvalue weighted by Gasteiger charge is 2.14. The third-order valence-corrected chi connectivity index (χ3v) is 3.62. The van der Waals surface area contributed by atoms with E-state index in [2.05, 4.69) is 21.2 Å². The monoisotopic (exact) mass is 351 g/mol. The fourth-order valence-electron chi connectivity index (χ4n) is 1.96. The number of carbonyl (C=O) groups excluding carboxylic acids is 1. The Morgan fingerprint density at radius 3 is 2.62 bits per heavy atom. The predicted molar refractivity (Wildman–Crippen MR) is 79.5 cm³/mol. The first kappa shape index (κ1) is 13.9. The lowest BCUT2D eigenvalue weighted by Crippen LogP contribution is -2.16. The highest BCUT2D eigenvalue weighted by Crippen LogP contribution is 2.32. The van der Waals surface area contributed by atoms with Gasteiger partial charge in [0.05, 0.1) is 4.47 Å². The van der Waals surface area contributed by atoms with Crippen LogP contribution < -0.4 is 14.8 Å². The van der Waals surface area contributed by atoms with Gasteiger partial charge in [-0.2, -0.15) is 0 Å². The van der Waals surface area contributed by atoms with E-state index in [1.165, 1.54) is 12.1 Å². The second kappa shape index (κ2) is 5.73. The smallest absolute Gasteiger partial charge is 0.255 e. The first-order valence-electron chi connectivity index (χ1n) is 6.29. The van der Waals surface area contributed by atoms with Crippen molar-refractivity contribution in [2.45, 2.75) is 0 Å². The number of fused-ring (bicyclic) bond motifs is 1. The Bertz CT molecular complexity index is 705. The summed E-state index contributed by atoms with van der Waals surface area (Å²) in [7, 11) is 0. The van der Waals surface area contributed by atoms with Crippen molar-refractivity contribution in [1.82, 2.24) is 0 Å². The summed E-state index contributed by atoms with van der Waals surface area (Å²) in [4.78, 5) is 12.1. The van der Waals surface area contributed by atoms with E-state index in [1.807, 2.05) is 0 Å². The van der Waals surface area contributed by atoms with E-state index in [0.717, 1.165) is 0 Å². The lowest BCUT2D eigenvalue weighted by Gasteiger charge is -2.19. The molecule has 1 aliphatic heterocycles. The zero-order chi connectivity index (χ0) is 14.8. The van der Waals surface area contributed by atoms with Gasteiger partial charge in [-0.15, -0.1) is 0 Å². The zero-order valence-electron chi connectivity index (χ0n) is 10.9. The molecule has 0 unspecified atom stereocenters. The average Bonchev–Trinajstić information content (AvgIpc) is 2.50. The van der Waals surface area contributed by atoms with Crippen LogP contribution in [0.1, 0.15) is 10.4 Å². The molecule has 2 aromatic carbocycles. The highest BCUT2D eigenvalue weighted by atomic mass is 79.9. The van der Waals surface area contributed by atoms with Crippen molar-refractivity contribution in [3.8, 4) is 11.5 Å². The molecule has 108 valence electrons. The topological polar surface area (TPSA) is 47.6 Å². The first-order chi connectivity index (χ1) is 10.1. The number of amides is 1. The number of hydrogen-bond donors (Lipinski definition) is 1. The van der Waals surface area contributed by atoms with Gasteiger partial charge < -0.3 is 14.8 Å².